The van der Waals surface area contributed by atoms with E-state index in [-0.39, 0.29) is 0 Å². The van der Waals surface area contributed by atoms with E-state index in [0.29, 0.717) is 5.56 Å². The molecule has 0 saturated heterocycles. The Morgan fingerprint density at radius 2 is 1.95 bits per heavy atom. The van der Waals surface area contributed by atoms with Crippen molar-refractivity contribution >= 4 is 43.2 Å². The lowest BCUT2D eigenvalue weighted by molar-refractivity contribution is 0.412. The molecular formula is C14H10Br2N2O. The molecule has 0 aliphatic rings. The Morgan fingerprint density at radius 3 is 2.58 bits per heavy atom. The van der Waals surface area contributed by atoms with Gasteiger partial charge in [0.2, 0.25) is 0 Å². The summed E-state index contributed by atoms with van der Waals surface area (Å²) < 4.78 is 6.91. The zero-order chi connectivity index (χ0) is 13.8. The van der Waals surface area contributed by atoms with Crippen LogP contribution in [0.2, 0.25) is 0 Å². The number of nitrogens with zero attached hydrogens (tertiary/aromatic N) is 1. The Morgan fingerprint density at radius 1 is 1.16 bits per heavy atom. The maximum absolute atomic E-state index is 9.12. The van der Waals surface area contributed by atoms with Crippen LogP contribution in [0.4, 0.5) is 11.4 Å². The molecule has 2 aromatic carbocycles. The molecule has 0 spiro atoms. The highest BCUT2D eigenvalue weighted by Gasteiger charge is 2.05. The summed E-state index contributed by atoms with van der Waals surface area (Å²) in [7, 11) is 1.62. The highest BCUT2D eigenvalue weighted by Crippen LogP contribution is 2.30. The van der Waals surface area contributed by atoms with Gasteiger partial charge in [0.25, 0.3) is 0 Å². The molecule has 1 N–H and O–H groups in total. The van der Waals surface area contributed by atoms with Crippen LogP contribution in [0.1, 0.15) is 5.56 Å². The van der Waals surface area contributed by atoms with Gasteiger partial charge in [-0.15, -0.1) is 0 Å². The fourth-order valence-electron chi connectivity index (χ4n) is 1.62. The first-order chi connectivity index (χ1) is 9.13. The largest absolute Gasteiger partial charge is 0.496 e. The number of hydrogen-bond acceptors (Lipinski definition) is 3. The van der Waals surface area contributed by atoms with Gasteiger partial charge in [-0.05, 0) is 52.3 Å². The second-order valence-electron chi connectivity index (χ2n) is 3.78. The molecule has 0 radical (unpaired) electrons. The summed E-state index contributed by atoms with van der Waals surface area (Å²) >= 11 is 6.78. The predicted octanol–water partition coefficient (Wildman–Crippen LogP) is 4.84. The Balaban J connectivity index is 2.31. The van der Waals surface area contributed by atoms with E-state index in [9.17, 15) is 0 Å². The summed E-state index contributed by atoms with van der Waals surface area (Å²) in [6.07, 6.45) is 0. The molecule has 0 aromatic heterocycles. The summed E-state index contributed by atoms with van der Waals surface area (Å²) in [6, 6.07) is 13.4. The number of hydrogen-bond donors (Lipinski definition) is 1. The van der Waals surface area contributed by atoms with Gasteiger partial charge in [0.15, 0.2) is 0 Å². The van der Waals surface area contributed by atoms with Crippen molar-refractivity contribution in [2.45, 2.75) is 0 Å². The highest BCUT2D eigenvalue weighted by molar-refractivity contribution is 9.10. The average molecular weight is 382 g/mol. The predicted molar refractivity (Wildman–Crippen MR) is 82.8 cm³/mol. The minimum absolute atomic E-state index is 0.585. The van der Waals surface area contributed by atoms with Crippen molar-refractivity contribution in [2.75, 3.05) is 12.4 Å². The van der Waals surface area contributed by atoms with Gasteiger partial charge >= 0.3 is 0 Å². The number of halogens is 2. The van der Waals surface area contributed by atoms with Gasteiger partial charge in [0.05, 0.1) is 22.8 Å². The number of nitriles is 1. The third-order valence-electron chi connectivity index (χ3n) is 2.53. The van der Waals surface area contributed by atoms with Gasteiger partial charge in [-0.1, -0.05) is 15.9 Å². The first-order valence-corrected chi connectivity index (χ1v) is 7.03. The lowest BCUT2D eigenvalue weighted by atomic mass is 10.2. The Labute approximate surface area is 128 Å². The van der Waals surface area contributed by atoms with Crippen molar-refractivity contribution in [1.82, 2.24) is 0 Å². The molecule has 96 valence electrons. The van der Waals surface area contributed by atoms with Gasteiger partial charge < -0.3 is 10.1 Å². The summed E-state index contributed by atoms with van der Waals surface area (Å²) in [6.45, 7) is 0. The normalized spacial score (nSPS) is 9.79. The standard InChI is InChI=1S/C14H10Br2N2O/c1-19-14-5-3-11(7-12(14)16)18-13-4-2-10(15)6-9(13)8-17/h2-7,18H,1H3. The van der Waals surface area contributed by atoms with Crippen LogP contribution in [-0.4, -0.2) is 7.11 Å². The van der Waals surface area contributed by atoms with E-state index in [1.54, 1.807) is 13.2 Å². The van der Waals surface area contributed by atoms with E-state index >= 15 is 0 Å². The minimum atomic E-state index is 0.585. The first kappa shape index (κ1) is 13.9. The van der Waals surface area contributed by atoms with E-state index in [0.717, 1.165) is 26.1 Å². The van der Waals surface area contributed by atoms with Gasteiger partial charge in [0.1, 0.15) is 11.8 Å². The van der Waals surface area contributed by atoms with E-state index < -0.39 is 0 Å². The van der Waals surface area contributed by atoms with Crippen LogP contribution in [0, 0.1) is 11.3 Å². The van der Waals surface area contributed by atoms with Crippen LogP contribution >= 0.6 is 31.9 Å². The number of anilines is 2. The van der Waals surface area contributed by atoms with Gasteiger partial charge in [0, 0.05) is 10.2 Å². The molecule has 2 rings (SSSR count). The van der Waals surface area contributed by atoms with E-state index in [1.165, 1.54) is 0 Å². The molecule has 0 aliphatic carbocycles. The van der Waals surface area contributed by atoms with Crippen LogP contribution in [0.3, 0.4) is 0 Å². The SMILES string of the molecule is COc1ccc(Nc2ccc(Br)cc2C#N)cc1Br. The van der Waals surface area contributed by atoms with Crippen LogP contribution in [0.25, 0.3) is 0 Å². The zero-order valence-corrected chi connectivity index (χ0v) is 13.2. The maximum atomic E-state index is 9.12. The monoisotopic (exact) mass is 380 g/mol. The number of ether oxygens (including phenoxy) is 1. The van der Waals surface area contributed by atoms with Crippen molar-refractivity contribution < 1.29 is 4.74 Å². The molecule has 0 fully saturated rings. The van der Waals surface area contributed by atoms with Crippen LogP contribution in [0.5, 0.6) is 5.75 Å². The minimum Gasteiger partial charge on any atom is -0.496 e. The molecule has 0 atom stereocenters. The molecule has 2 aromatic rings. The average Bonchev–Trinajstić information content (AvgIpc) is 2.41. The summed E-state index contributed by atoms with van der Waals surface area (Å²) in [5.41, 5.74) is 2.23. The van der Waals surface area contributed by atoms with Crippen LogP contribution in [-0.2, 0) is 0 Å². The third kappa shape index (κ3) is 3.28. The Hall–Kier alpha value is -1.51. The molecule has 0 saturated carbocycles. The number of methoxy groups -OCH3 is 1. The fraction of sp³-hybridized carbons (Fsp3) is 0.0714. The lowest BCUT2D eigenvalue weighted by Gasteiger charge is -2.10. The molecule has 5 heteroatoms. The highest BCUT2D eigenvalue weighted by atomic mass is 79.9. The summed E-state index contributed by atoms with van der Waals surface area (Å²) in [5, 5.41) is 12.3. The van der Waals surface area contributed by atoms with Crippen molar-refractivity contribution in [2.24, 2.45) is 0 Å². The summed E-state index contributed by atoms with van der Waals surface area (Å²) in [5.74, 6) is 0.766. The zero-order valence-electron chi connectivity index (χ0n) is 10.1. The second-order valence-corrected chi connectivity index (χ2v) is 5.55. The fourth-order valence-corrected chi connectivity index (χ4v) is 2.52. The first-order valence-electron chi connectivity index (χ1n) is 5.44. The third-order valence-corrected chi connectivity index (χ3v) is 3.65. The summed E-state index contributed by atoms with van der Waals surface area (Å²) in [4.78, 5) is 0. The second kappa shape index (κ2) is 6.09. The molecule has 0 bridgehead atoms. The quantitative estimate of drug-likeness (QED) is 0.827. The van der Waals surface area contributed by atoms with Crippen molar-refractivity contribution in [3.8, 4) is 11.8 Å². The molecule has 0 heterocycles. The number of rotatable bonds is 3. The molecule has 0 aliphatic heterocycles. The topological polar surface area (TPSA) is 45.0 Å². The molecule has 0 amide bonds. The Kier molecular flexibility index (Phi) is 4.46. The van der Waals surface area contributed by atoms with Crippen LogP contribution < -0.4 is 10.1 Å². The van der Waals surface area contributed by atoms with E-state index in [2.05, 4.69) is 43.2 Å². The molecule has 0 unspecified atom stereocenters. The Bertz CT molecular complexity index is 650. The molecule has 19 heavy (non-hydrogen) atoms. The number of benzene rings is 2. The lowest BCUT2D eigenvalue weighted by Crippen LogP contribution is -1.94. The number of nitrogens with one attached hydrogen (secondary N) is 1. The van der Waals surface area contributed by atoms with Crippen molar-refractivity contribution in [1.29, 1.82) is 5.26 Å². The van der Waals surface area contributed by atoms with E-state index in [1.807, 2.05) is 30.3 Å². The van der Waals surface area contributed by atoms with Crippen molar-refractivity contribution in [3.05, 3.63) is 50.9 Å². The molecule has 3 nitrogen and oxygen atoms in total. The van der Waals surface area contributed by atoms with Gasteiger partial charge in [-0.2, -0.15) is 5.26 Å². The van der Waals surface area contributed by atoms with Crippen molar-refractivity contribution in [3.63, 3.8) is 0 Å². The van der Waals surface area contributed by atoms with E-state index in [4.69, 9.17) is 10.00 Å². The maximum Gasteiger partial charge on any atom is 0.133 e. The van der Waals surface area contributed by atoms with Crippen LogP contribution in [0.15, 0.2) is 45.3 Å². The van der Waals surface area contributed by atoms with Gasteiger partial charge in [-0.3, -0.25) is 0 Å². The van der Waals surface area contributed by atoms with Gasteiger partial charge in [-0.25, -0.2) is 0 Å². The smallest absolute Gasteiger partial charge is 0.133 e. The molecular weight excluding hydrogens is 372 g/mol.